The highest BCUT2D eigenvalue weighted by Crippen LogP contribution is 2.37. The van der Waals surface area contributed by atoms with Crippen molar-refractivity contribution in [1.29, 1.82) is 0 Å². The van der Waals surface area contributed by atoms with Gasteiger partial charge in [0, 0.05) is 6.04 Å². The van der Waals surface area contributed by atoms with Crippen molar-refractivity contribution in [2.45, 2.75) is 57.5 Å². The quantitative estimate of drug-likeness (QED) is 0.349. The first-order valence-corrected chi connectivity index (χ1v) is 19.8. The van der Waals surface area contributed by atoms with E-state index in [4.69, 9.17) is 42.1 Å². The standard InChI is InChI=1S/C15H27Cl3O2Si3/c1-21(2,3)19-14(12-23(16,17)18)15(20-22(4,5)6)13-10-8-7-9-11-13/h7-11,14-15H,12H2,1-6H3. The van der Waals surface area contributed by atoms with Crippen LogP contribution in [-0.4, -0.2) is 28.7 Å². The molecule has 23 heavy (non-hydrogen) atoms. The zero-order valence-electron chi connectivity index (χ0n) is 14.7. The van der Waals surface area contributed by atoms with E-state index >= 15 is 0 Å². The maximum Gasteiger partial charge on any atom is 0.343 e. The maximum absolute atomic E-state index is 6.46. The minimum atomic E-state index is -2.84. The minimum Gasteiger partial charge on any atom is -0.412 e. The highest BCUT2D eigenvalue weighted by atomic mass is 35.8. The molecule has 2 nitrogen and oxygen atoms in total. The van der Waals surface area contributed by atoms with Crippen LogP contribution >= 0.6 is 33.2 Å². The number of halogens is 3. The molecule has 0 radical (unpaired) electrons. The smallest absolute Gasteiger partial charge is 0.343 e. The van der Waals surface area contributed by atoms with E-state index in [1.165, 1.54) is 0 Å². The molecule has 0 N–H and O–H groups in total. The molecular formula is C15H27Cl3O2Si3. The fourth-order valence-corrected chi connectivity index (χ4v) is 6.73. The molecule has 1 aromatic rings. The molecule has 0 spiro atoms. The van der Waals surface area contributed by atoms with Gasteiger partial charge in [0.1, 0.15) is 0 Å². The maximum atomic E-state index is 6.46. The van der Waals surface area contributed by atoms with Gasteiger partial charge in [0.25, 0.3) is 0 Å². The van der Waals surface area contributed by atoms with Gasteiger partial charge < -0.3 is 8.85 Å². The fourth-order valence-electron chi connectivity index (χ4n) is 2.27. The van der Waals surface area contributed by atoms with Gasteiger partial charge in [-0.1, -0.05) is 30.3 Å². The minimum absolute atomic E-state index is 0.197. The van der Waals surface area contributed by atoms with Gasteiger partial charge >= 0.3 is 6.00 Å². The predicted octanol–water partition coefficient (Wildman–Crippen LogP) is 6.45. The third-order valence-corrected chi connectivity index (χ3v) is 7.11. The summed E-state index contributed by atoms with van der Waals surface area (Å²) < 4.78 is 12.9. The van der Waals surface area contributed by atoms with E-state index in [-0.39, 0.29) is 12.2 Å². The second kappa shape index (κ2) is 8.36. The Labute approximate surface area is 157 Å². The van der Waals surface area contributed by atoms with Crippen molar-refractivity contribution in [2.24, 2.45) is 0 Å². The topological polar surface area (TPSA) is 18.5 Å². The Hall–Kier alpha value is 0.661. The van der Waals surface area contributed by atoms with Crippen LogP contribution in [0.3, 0.4) is 0 Å². The number of benzene rings is 1. The van der Waals surface area contributed by atoms with Crippen molar-refractivity contribution in [3.63, 3.8) is 0 Å². The van der Waals surface area contributed by atoms with Crippen LogP contribution in [0.1, 0.15) is 11.7 Å². The van der Waals surface area contributed by atoms with Crippen molar-refractivity contribution in [3.05, 3.63) is 35.9 Å². The Morgan fingerprint density at radius 2 is 1.30 bits per heavy atom. The van der Waals surface area contributed by atoms with Crippen LogP contribution in [-0.2, 0) is 8.85 Å². The van der Waals surface area contributed by atoms with Gasteiger partial charge in [-0.15, -0.1) is 33.2 Å². The molecule has 2 unspecified atom stereocenters. The van der Waals surface area contributed by atoms with Crippen molar-refractivity contribution < 1.29 is 8.85 Å². The first-order chi connectivity index (χ1) is 10.3. The first kappa shape index (κ1) is 21.7. The molecule has 1 rings (SSSR count). The molecule has 0 aromatic heterocycles. The average Bonchev–Trinajstić information content (AvgIpc) is 2.31. The van der Waals surface area contributed by atoms with Gasteiger partial charge in [-0.3, -0.25) is 0 Å². The third kappa shape index (κ3) is 9.65. The van der Waals surface area contributed by atoms with Gasteiger partial charge in [-0.2, -0.15) is 0 Å². The summed E-state index contributed by atoms with van der Waals surface area (Å²) >= 11 is 18.7. The summed E-state index contributed by atoms with van der Waals surface area (Å²) in [6.07, 6.45) is -0.423. The van der Waals surface area contributed by atoms with Gasteiger partial charge in [0.15, 0.2) is 16.6 Å². The summed E-state index contributed by atoms with van der Waals surface area (Å²) in [5, 5.41) is 0. The Kier molecular flexibility index (Phi) is 7.89. The molecular weight excluding hydrogens is 403 g/mol. The van der Waals surface area contributed by atoms with Crippen LogP contribution in [0.15, 0.2) is 30.3 Å². The number of hydrogen-bond acceptors (Lipinski definition) is 2. The number of rotatable bonds is 8. The van der Waals surface area contributed by atoms with Crippen LogP contribution in [0.2, 0.25) is 45.3 Å². The van der Waals surface area contributed by atoms with Crippen LogP contribution in [0.4, 0.5) is 0 Å². The fraction of sp³-hybridized carbons (Fsp3) is 0.600. The lowest BCUT2D eigenvalue weighted by atomic mass is 10.1. The highest BCUT2D eigenvalue weighted by molar-refractivity contribution is 7.64. The van der Waals surface area contributed by atoms with Crippen LogP contribution in [0.5, 0.6) is 0 Å². The normalized spacial score (nSPS) is 16.2. The van der Waals surface area contributed by atoms with Crippen LogP contribution in [0.25, 0.3) is 0 Å². The zero-order chi connectivity index (χ0) is 17.9. The van der Waals surface area contributed by atoms with E-state index in [1.54, 1.807) is 0 Å². The van der Waals surface area contributed by atoms with Crippen LogP contribution in [0, 0.1) is 0 Å². The molecule has 0 saturated heterocycles. The van der Waals surface area contributed by atoms with Crippen molar-refractivity contribution in [2.75, 3.05) is 0 Å². The summed E-state index contributed by atoms with van der Waals surface area (Å²) in [4.78, 5) is 0. The summed E-state index contributed by atoms with van der Waals surface area (Å²) in [5.41, 5.74) is 1.08. The molecule has 0 aliphatic carbocycles. The van der Waals surface area contributed by atoms with E-state index in [0.29, 0.717) is 6.04 Å². The molecule has 2 atom stereocenters. The summed E-state index contributed by atoms with van der Waals surface area (Å²) in [6, 6.07) is 7.73. The molecule has 0 heterocycles. The lowest BCUT2D eigenvalue weighted by Gasteiger charge is -2.37. The van der Waals surface area contributed by atoms with E-state index < -0.39 is 22.6 Å². The molecule has 0 bridgehead atoms. The van der Waals surface area contributed by atoms with Crippen molar-refractivity contribution in [3.8, 4) is 0 Å². The molecule has 132 valence electrons. The summed E-state index contributed by atoms with van der Waals surface area (Å²) in [7, 11) is -3.60. The molecule has 1 aromatic carbocycles. The lowest BCUT2D eigenvalue weighted by Crippen LogP contribution is -2.42. The van der Waals surface area contributed by atoms with Crippen LogP contribution < -0.4 is 0 Å². The molecule has 0 aliphatic heterocycles. The third-order valence-electron chi connectivity index (χ3n) is 2.88. The summed E-state index contributed by atoms with van der Waals surface area (Å²) in [5.74, 6) is 0. The lowest BCUT2D eigenvalue weighted by molar-refractivity contribution is 0.0549. The Balaban J connectivity index is 3.19. The van der Waals surface area contributed by atoms with E-state index in [2.05, 4.69) is 51.4 Å². The molecule has 0 fully saturated rings. The van der Waals surface area contributed by atoms with E-state index in [0.717, 1.165) is 5.56 Å². The zero-order valence-corrected chi connectivity index (χ0v) is 20.0. The van der Waals surface area contributed by atoms with Gasteiger partial charge in [-0.25, -0.2) is 0 Å². The average molecular weight is 430 g/mol. The van der Waals surface area contributed by atoms with Gasteiger partial charge in [0.2, 0.25) is 0 Å². The van der Waals surface area contributed by atoms with E-state index in [1.807, 2.05) is 18.2 Å². The van der Waals surface area contributed by atoms with Gasteiger partial charge in [-0.05, 0) is 44.8 Å². The van der Waals surface area contributed by atoms with Crippen molar-refractivity contribution in [1.82, 2.24) is 0 Å². The predicted molar refractivity (Wildman–Crippen MR) is 110 cm³/mol. The molecule has 8 heteroatoms. The number of hydrogen-bond donors (Lipinski definition) is 0. The summed E-state index contributed by atoms with van der Waals surface area (Å²) in [6.45, 7) is 13.0. The highest BCUT2D eigenvalue weighted by Gasteiger charge is 2.39. The SMILES string of the molecule is C[Si](C)(C)OC(C[Si](Cl)(Cl)Cl)C(O[Si](C)(C)C)c1ccccc1. The van der Waals surface area contributed by atoms with Gasteiger partial charge in [0.05, 0.1) is 12.2 Å². The second-order valence-corrected chi connectivity index (χ2v) is 25.8. The molecule has 0 amide bonds. The monoisotopic (exact) mass is 428 g/mol. The molecule has 0 aliphatic rings. The van der Waals surface area contributed by atoms with E-state index in [9.17, 15) is 0 Å². The Morgan fingerprint density at radius 1 is 0.826 bits per heavy atom. The Bertz CT molecular complexity index is 465. The molecule has 0 saturated carbocycles. The van der Waals surface area contributed by atoms with Crippen molar-refractivity contribution >= 4 is 55.9 Å². The Morgan fingerprint density at radius 3 is 1.70 bits per heavy atom. The largest absolute Gasteiger partial charge is 0.412 e. The second-order valence-electron chi connectivity index (χ2n) is 7.65. The first-order valence-electron chi connectivity index (χ1n) is 7.74.